The lowest BCUT2D eigenvalue weighted by atomic mass is 10.0. The molecule has 1 aromatic heterocycles. The number of hydrogen-bond donors (Lipinski definition) is 2. The standard InChI is InChI=1S/C33H46N4O9S2/c1-22-19-37(23(2)21-38)33(39)29-18-27(35-47(40,41)32-25(4)34-46-26(32)5)15-16-30(29)45-24(3)12-10-11-17-44-31(22)20-36(6)48(42,43)28-13-8-7-9-14-28/h7-9,13-16,18,22-24,31,35,38H,10-12,17,19-21H2,1-6H3/t22-,23+,24-,31-/m0/s1. The first-order valence-electron chi connectivity index (χ1n) is 16.0. The van der Waals surface area contributed by atoms with Crippen LogP contribution in [0.25, 0.3) is 0 Å². The number of sulfonamides is 2. The first-order valence-corrected chi connectivity index (χ1v) is 18.9. The van der Waals surface area contributed by atoms with Gasteiger partial charge in [-0.1, -0.05) is 30.3 Å². The van der Waals surface area contributed by atoms with E-state index in [1.54, 1.807) is 31.2 Å². The number of carbonyl (C=O) groups excluding carboxylic acids is 1. The minimum atomic E-state index is -4.11. The van der Waals surface area contributed by atoms with Crippen LogP contribution < -0.4 is 9.46 Å². The van der Waals surface area contributed by atoms with Crippen molar-refractivity contribution in [2.75, 3.05) is 38.1 Å². The summed E-state index contributed by atoms with van der Waals surface area (Å²) in [6.07, 6.45) is 1.24. The molecule has 1 aliphatic heterocycles. The maximum absolute atomic E-state index is 14.4. The number of amides is 1. The lowest BCUT2D eigenvalue weighted by Gasteiger charge is -2.35. The zero-order chi connectivity index (χ0) is 35.2. The number of carbonyl (C=O) groups is 1. The van der Waals surface area contributed by atoms with Crippen LogP contribution in [-0.4, -0.2) is 93.8 Å². The van der Waals surface area contributed by atoms with Crippen molar-refractivity contribution in [3.05, 3.63) is 65.5 Å². The lowest BCUT2D eigenvalue weighted by Crippen LogP contribution is -2.48. The van der Waals surface area contributed by atoms with Gasteiger partial charge in [-0.3, -0.25) is 9.52 Å². The number of nitrogens with zero attached hydrogens (tertiary/aromatic N) is 3. The highest BCUT2D eigenvalue weighted by atomic mass is 32.2. The van der Waals surface area contributed by atoms with Crippen LogP contribution in [0.3, 0.4) is 0 Å². The molecular weight excluding hydrogens is 661 g/mol. The van der Waals surface area contributed by atoms with Gasteiger partial charge in [-0.25, -0.2) is 16.8 Å². The molecule has 0 fully saturated rings. The van der Waals surface area contributed by atoms with Crippen molar-refractivity contribution in [1.82, 2.24) is 14.4 Å². The molecule has 0 spiro atoms. The molecule has 0 bridgehead atoms. The Morgan fingerprint density at radius 3 is 2.44 bits per heavy atom. The average Bonchev–Trinajstić information content (AvgIpc) is 3.40. The number of aromatic nitrogens is 1. The van der Waals surface area contributed by atoms with Gasteiger partial charge in [-0.15, -0.1) is 0 Å². The summed E-state index contributed by atoms with van der Waals surface area (Å²) in [6.45, 7) is 8.66. The highest BCUT2D eigenvalue weighted by Crippen LogP contribution is 2.30. The first kappa shape index (κ1) is 37.3. The van der Waals surface area contributed by atoms with Crippen molar-refractivity contribution in [2.24, 2.45) is 5.92 Å². The van der Waals surface area contributed by atoms with Crippen LogP contribution in [0.2, 0.25) is 0 Å². The summed E-state index contributed by atoms with van der Waals surface area (Å²) in [4.78, 5) is 15.9. The van der Waals surface area contributed by atoms with Gasteiger partial charge in [0.15, 0.2) is 10.7 Å². The number of hydrogen-bond acceptors (Lipinski definition) is 10. The molecule has 0 saturated carbocycles. The molecule has 0 saturated heterocycles. The molecular formula is C33H46N4O9S2. The summed E-state index contributed by atoms with van der Waals surface area (Å²) < 4.78 is 74.7. The third kappa shape index (κ3) is 8.74. The average molecular weight is 707 g/mol. The van der Waals surface area contributed by atoms with E-state index in [4.69, 9.17) is 14.0 Å². The number of anilines is 1. The van der Waals surface area contributed by atoms with Gasteiger partial charge < -0.3 is 24.0 Å². The minimum Gasteiger partial charge on any atom is -0.490 e. The first-order chi connectivity index (χ1) is 22.6. The Kier molecular flexibility index (Phi) is 12.3. The van der Waals surface area contributed by atoms with E-state index >= 15 is 0 Å². The fourth-order valence-electron chi connectivity index (χ4n) is 5.64. The predicted octanol–water partition coefficient (Wildman–Crippen LogP) is 4.21. The molecule has 13 nitrogen and oxygen atoms in total. The van der Waals surface area contributed by atoms with Gasteiger partial charge in [0, 0.05) is 38.3 Å². The molecule has 0 radical (unpaired) electrons. The summed E-state index contributed by atoms with van der Waals surface area (Å²) in [5.41, 5.74) is 0.423. The smallest absolute Gasteiger partial charge is 0.267 e. The molecule has 2 heterocycles. The molecule has 264 valence electrons. The molecule has 4 atom stereocenters. The molecule has 0 aliphatic carbocycles. The normalized spacial score (nSPS) is 20.9. The van der Waals surface area contributed by atoms with Gasteiger partial charge in [0.2, 0.25) is 10.0 Å². The molecule has 2 N–H and O–H groups in total. The van der Waals surface area contributed by atoms with Crippen molar-refractivity contribution < 1.29 is 40.7 Å². The number of benzene rings is 2. The topological polar surface area (TPSA) is 169 Å². The van der Waals surface area contributed by atoms with Gasteiger partial charge in [0.1, 0.15) is 11.4 Å². The van der Waals surface area contributed by atoms with Gasteiger partial charge >= 0.3 is 0 Å². The molecule has 15 heteroatoms. The Hall–Kier alpha value is -3.50. The number of aryl methyl sites for hydroxylation is 2. The Labute approximate surface area is 283 Å². The third-order valence-electron chi connectivity index (χ3n) is 8.43. The van der Waals surface area contributed by atoms with Crippen molar-refractivity contribution in [2.45, 2.75) is 81.9 Å². The van der Waals surface area contributed by atoms with E-state index < -0.39 is 38.1 Å². The van der Waals surface area contributed by atoms with Crippen molar-refractivity contribution in [1.29, 1.82) is 0 Å². The Morgan fingerprint density at radius 1 is 1.08 bits per heavy atom. The van der Waals surface area contributed by atoms with Gasteiger partial charge in [-0.05, 0) is 77.3 Å². The van der Waals surface area contributed by atoms with Gasteiger partial charge in [-0.2, -0.15) is 4.31 Å². The van der Waals surface area contributed by atoms with Crippen molar-refractivity contribution in [3.8, 4) is 5.75 Å². The van der Waals surface area contributed by atoms with Gasteiger partial charge in [0.25, 0.3) is 15.9 Å². The number of aliphatic hydroxyl groups is 1. The maximum atomic E-state index is 14.4. The number of nitrogens with one attached hydrogen (secondary N) is 1. The second kappa shape index (κ2) is 15.8. The van der Waals surface area contributed by atoms with Crippen LogP contribution in [0, 0.1) is 19.8 Å². The fourth-order valence-corrected chi connectivity index (χ4v) is 8.22. The maximum Gasteiger partial charge on any atom is 0.267 e. The second-order valence-corrected chi connectivity index (χ2v) is 16.0. The van der Waals surface area contributed by atoms with Crippen LogP contribution in [-0.2, 0) is 24.8 Å². The monoisotopic (exact) mass is 706 g/mol. The Bertz CT molecular complexity index is 1740. The third-order valence-corrected chi connectivity index (χ3v) is 11.9. The molecule has 1 amide bonds. The number of ether oxygens (including phenoxy) is 2. The highest BCUT2D eigenvalue weighted by Gasteiger charge is 2.33. The van der Waals surface area contributed by atoms with Crippen LogP contribution in [0.1, 0.15) is 61.8 Å². The van der Waals surface area contributed by atoms with Crippen LogP contribution >= 0.6 is 0 Å². The fraction of sp³-hybridized carbons (Fsp3) is 0.515. The molecule has 2 aromatic carbocycles. The van der Waals surface area contributed by atoms with Crippen LogP contribution in [0.4, 0.5) is 5.69 Å². The van der Waals surface area contributed by atoms with Crippen LogP contribution in [0.5, 0.6) is 5.75 Å². The zero-order valence-electron chi connectivity index (χ0n) is 28.2. The summed E-state index contributed by atoms with van der Waals surface area (Å²) >= 11 is 0. The quantitative estimate of drug-likeness (QED) is 0.329. The van der Waals surface area contributed by atoms with E-state index in [1.807, 2.05) is 13.8 Å². The number of rotatable bonds is 9. The predicted molar refractivity (Wildman–Crippen MR) is 180 cm³/mol. The molecule has 48 heavy (non-hydrogen) atoms. The number of aliphatic hydroxyl groups excluding tert-OH is 1. The lowest BCUT2D eigenvalue weighted by molar-refractivity contribution is -0.00833. The summed E-state index contributed by atoms with van der Waals surface area (Å²) in [6, 6.07) is 12.0. The van der Waals surface area contributed by atoms with E-state index in [2.05, 4.69) is 9.88 Å². The van der Waals surface area contributed by atoms with E-state index in [9.17, 15) is 26.7 Å². The Morgan fingerprint density at radius 2 is 1.79 bits per heavy atom. The summed E-state index contributed by atoms with van der Waals surface area (Å²) in [5, 5.41) is 14.0. The zero-order valence-corrected chi connectivity index (χ0v) is 29.9. The van der Waals surface area contributed by atoms with E-state index in [-0.39, 0.29) is 70.0 Å². The van der Waals surface area contributed by atoms with E-state index in [0.717, 1.165) is 6.42 Å². The number of likely N-dealkylation sites (N-methyl/N-ethyl adjacent to an activating group) is 1. The molecule has 3 aromatic rings. The number of fused-ring (bicyclic) bond motifs is 1. The Balaban J connectivity index is 1.69. The van der Waals surface area contributed by atoms with Crippen LogP contribution in [0.15, 0.2) is 62.8 Å². The van der Waals surface area contributed by atoms with Crippen molar-refractivity contribution >= 4 is 31.6 Å². The largest absolute Gasteiger partial charge is 0.490 e. The molecule has 0 unspecified atom stereocenters. The minimum absolute atomic E-state index is 0.0393. The molecule has 1 aliphatic rings. The summed E-state index contributed by atoms with van der Waals surface area (Å²) in [5.74, 6) is -0.467. The van der Waals surface area contributed by atoms with Gasteiger partial charge in [0.05, 0.1) is 35.3 Å². The summed E-state index contributed by atoms with van der Waals surface area (Å²) in [7, 11) is -6.41. The van der Waals surface area contributed by atoms with E-state index in [1.165, 1.54) is 54.4 Å². The SMILES string of the molecule is Cc1noc(C)c1S(=O)(=O)Nc1ccc2c(c1)C(=O)N([C@H](C)CO)C[C@H](C)[C@H](CN(C)S(=O)(=O)c1ccccc1)OCCCC[C@H](C)O2. The van der Waals surface area contributed by atoms with E-state index in [0.29, 0.717) is 19.4 Å². The second-order valence-electron chi connectivity index (χ2n) is 12.4. The van der Waals surface area contributed by atoms with Crippen molar-refractivity contribution in [3.63, 3.8) is 0 Å². The highest BCUT2D eigenvalue weighted by molar-refractivity contribution is 7.92. The molecule has 4 rings (SSSR count).